The summed E-state index contributed by atoms with van der Waals surface area (Å²) in [5.74, 6) is 0.950. The largest absolute Gasteiger partial charge is 0.226 e. The van der Waals surface area contributed by atoms with Crippen LogP contribution in [0.1, 0.15) is 11.1 Å². The van der Waals surface area contributed by atoms with E-state index in [1.165, 1.54) is 17.7 Å². The summed E-state index contributed by atoms with van der Waals surface area (Å²) in [5, 5.41) is 18.5. The number of aromatic nitrogens is 6. The fraction of sp³-hybridized carbons (Fsp3) is 0.0833. The first-order chi connectivity index (χ1) is 16.2. The Morgan fingerprint density at radius 2 is 1.64 bits per heavy atom. The van der Waals surface area contributed by atoms with Gasteiger partial charge in [-0.3, -0.25) is 0 Å². The molecule has 0 aliphatic carbocycles. The van der Waals surface area contributed by atoms with Crippen molar-refractivity contribution in [2.45, 2.75) is 17.3 Å². The molecule has 0 bridgehead atoms. The van der Waals surface area contributed by atoms with Crippen LogP contribution in [0.15, 0.2) is 94.6 Å². The highest BCUT2D eigenvalue weighted by Gasteiger charge is 2.19. The molecular weight excluding hydrogens is 503 g/mol. The molecule has 5 aromatic rings. The van der Waals surface area contributed by atoms with Gasteiger partial charge in [-0.15, -0.1) is 22.0 Å². The Morgan fingerprint density at radius 3 is 2.39 bits per heavy atom. The SMILES string of the molecule is Fc1ccc(-n2ncc(-c3nnn(Cc4ccc(Br)cc4)n3)c2SCc2ccccc2)cc1. The average molecular weight is 521 g/mol. The lowest BCUT2D eigenvalue weighted by Crippen LogP contribution is -2.03. The van der Waals surface area contributed by atoms with Crippen molar-refractivity contribution in [2.75, 3.05) is 0 Å². The minimum absolute atomic E-state index is 0.290. The van der Waals surface area contributed by atoms with Gasteiger partial charge in [-0.25, -0.2) is 9.07 Å². The lowest BCUT2D eigenvalue weighted by molar-refractivity contribution is 0.573. The molecule has 0 spiro atoms. The van der Waals surface area contributed by atoms with Gasteiger partial charge >= 0.3 is 0 Å². The fourth-order valence-corrected chi connectivity index (χ4v) is 4.63. The summed E-state index contributed by atoms with van der Waals surface area (Å²) in [6.45, 7) is 0.513. The molecule has 9 heteroatoms. The predicted molar refractivity (Wildman–Crippen MR) is 130 cm³/mol. The molecule has 0 N–H and O–H groups in total. The minimum Gasteiger partial charge on any atom is -0.226 e. The van der Waals surface area contributed by atoms with Crippen molar-refractivity contribution in [3.8, 4) is 17.1 Å². The molecule has 0 atom stereocenters. The van der Waals surface area contributed by atoms with Crippen molar-refractivity contribution < 1.29 is 4.39 Å². The quantitative estimate of drug-likeness (QED) is 0.255. The van der Waals surface area contributed by atoms with Crippen LogP contribution in [0.4, 0.5) is 4.39 Å². The van der Waals surface area contributed by atoms with Crippen molar-refractivity contribution in [1.29, 1.82) is 0 Å². The Hall–Kier alpha value is -3.30. The Morgan fingerprint density at radius 1 is 0.879 bits per heavy atom. The molecule has 33 heavy (non-hydrogen) atoms. The van der Waals surface area contributed by atoms with Crippen LogP contribution in [0.2, 0.25) is 0 Å². The second-order valence-corrected chi connectivity index (χ2v) is 9.18. The van der Waals surface area contributed by atoms with Crippen LogP contribution in [0.3, 0.4) is 0 Å². The van der Waals surface area contributed by atoms with Crippen LogP contribution in [-0.2, 0) is 12.3 Å². The first kappa shape index (κ1) is 21.5. The van der Waals surface area contributed by atoms with E-state index in [4.69, 9.17) is 0 Å². The van der Waals surface area contributed by atoms with Crippen LogP contribution in [-0.4, -0.2) is 30.0 Å². The van der Waals surface area contributed by atoms with E-state index >= 15 is 0 Å². The summed E-state index contributed by atoms with van der Waals surface area (Å²) in [6.07, 6.45) is 1.73. The summed E-state index contributed by atoms with van der Waals surface area (Å²) in [6, 6.07) is 24.5. The van der Waals surface area contributed by atoms with Gasteiger partial charge in [-0.1, -0.05) is 58.4 Å². The number of hydrogen-bond acceptors (Lipinski definition) is 5. The van der Waals surface area contributed by atoms with E-state index in [1.54, 1.807) is 39.6 Å². The van der Waals surface area contributed by atoms with Gasteiger partial charge in [0.25, 0.3) is 0 Å². The smallest absolute Gasteiger partial charge is 0.209 e. The van der Waals surface area contributed by atoms with Crippen molar-refractivity contribution in [3.05, 3.63) is 106 Å². The highest BCUT2D eigenvalue weighted by Crippen LogP contribution is 2.33. The molecule has 0 fully saturated rings. The third kappa shape index (κ3) is 5.04. The topological polar surface area (TPSA) is 61.4 Å². The van der Waals surface area contributed by atoms with E-state index in [0.29, 0.717) is 12.4 Å². The Labute approximate surface area is 202 Å². The zero-order valence-corrected chi connectivity index (χ0v) is 19.7. The highest BCUT2D eigenvalue weighted by molar-refractivity contribution is 9.10. The van der Waals surface area contributed by atoms with E-state index in [9.17, 15) is 4.39 Å². The second kappa shape index (κ2) is 9.68. The third-order valence-electron chi connectivity index (χ3n) is 4.95. The van der Waals surface area contributed by atoms with Crippen LogP contribution in [0.5, 0.6) is 0 Å². The first-order valence-electron chi connectivity index (χ1n) is 10.2. The highest BCUT2D eigenvalue weighted by atomic mass is 79.9. The molecule has 2 aromatic heterocycles. The normalized spacial score (nSPS) is 11.1. The molecule has 0 saturated carbocycles. The predicted octanol–water partition coefficient (Wildman–Crippen LogP) is 5.77. The number of thioether (sulfide) groups is 1. The molecule has 0 amide bonds. The van der Waals surface area contributed by atoms with Crippen LogP contribution < -0.4 is 0 Å². The van der Waals surface area contributed by atoms with Crippen LogP contribution in [0, 0.1) is 5.82 Å². The summed E-state index contributed by atoms with van der Waals surface area (Å²) >= 11 is 5.07. The van der Waals surface area contributed by atoms with Gasteiger partial charge < -0.3 is 0 Å². The van der Waals surface area contributed by atoms with Gasteiger partial charge in [0.15, 0.2) is 0 Å². The lowest BCUT2D eigenvalue weighted by Gasteiger charge is -2.09. The fourth-order valence-electron chi connectivity index (χ4n) is 3.29. The van der Waals surface area contributed by atoms with E-state index in [-0.39, 0.29) is 5.82 Å². The molecule has 0 radical (unpaired) electrons. The number of halogens is 2. The maximum atomic E-state index is 13.5. The number of rotatable bonds is 7. The standard InChI is InChI=1S/C24H18BrFN6S/c25-19-8-6-17(7-9-19)15-31-29-23(28-30-31)22-14-27-32(21-12-10-20(26)11-13-21)24(22)33-16-18-4-2-1-3-5-18/h1-14H,15-16H2. The Balaban J connectivity index is 1.47. The number of benzene rings is 3. The van der Waals surface area contributed by atoms with E-state index in [0.717, 1.165) is 32.1 Å². The summed E-state index contributed by atoms with van der Waals surface area (Å²) in [5.41, 5.74) is 3.80. The lowest BCUT2D eigenvalue weighted by atomic mass is 10.2. The molecule has 2 heterocycles. The van der Waals surface area contributed by atoms with Crippen molar-refractivity contribution in [2.24, 2.45) is 0 Å². The summed E-state index contributed by atoms with van der Waals surface area (Å²) in [4.78, 5) is 1.57. The molecule has 3 aromatic carbocycles. The molecule has 0 aliphatic rings. The van der Waals surface area contributed by atoms with Gasteiger partial charge in [-0.2, -0.15) is 9.90 Å². The first-order valence-corrected chi connectivity index (χ1v) is 12.0. The molecule has 0 aliphatic heterocycles. The van der Waals surface area contributed by atoms with E-state index in [2.05, 4.69) is 48.6 Å². The molecule has 0 saturated heterocycles. The summed E-state index contributed by atoms with van der Waals surface area (Å²) < 4.78 is 16.3. The van der Waals surface area contributed by atoms with E-state index < -0.39 is 0 Å². The Kier molecular flexibility index (Phi) is 6.32. The molecule has 164 valence electrons. The Bertz CT molecular complexity index is 1350. The molecule has 0 unspecified atom stereocenters. The van der Waals surface area contributed by atoms with Crippen LogP contribution in [0.25, 0.3) is 17.1 Å². The van der Waals surface area contributed by atoms with Crippen molar-refractivity contribution in [3.63, 3.8) is 0 Å². The maximum Gasteiger partial charge on any atom is 0.209 e. The average Bonchev–Trinajstić information content (AvgIpc) is 3.47. The maximum absolute atomic E-state index is 13.5. The van der Waals surface area contributed by atoms with Gasteiger partial charge in [0.05, 0.1) is 24.0 Å². The molecule has 6 nitrogen and oxygen atoms in total. The van der Waals surface area contributed by atoms with Gasteiger partial charge in [0.1, 0.15) is 10.8 Å². The van der Waals surface area contributed by atoms with Gasteiger partial charge in [0.2, 0.25) is 5.82 Å². The number of nitrogens with zero attached hydrogens (tertiary/aromatic N) is 6. The zero-order valence-electron chi connectivity index (χ0n) is 17.3. The van der Waals surface area contributed by atoms with E-state index in [1.807, 2.05) is 42.5 Å². The van der Waals surface area contributed by atoms with Gasteiger partial charge in [-0.05, 0) is 52.7 Å². The number of tetrazole rings is 1. The minimum atomic E-state index is -0.290. The monoisotopic (exact) mass is 520 g/mol. The molecular formula is C24H18BrFN6S. The second-order valence-electron chi connectivity index (χ2n) is 7.30. The van der Waals surface area contributed by atoms with Crippen molar-refractivity contribution >= 4 is 27.7 Å². The summed E-state index contributed by atoms with van der Waals surface area (Å²) in [7, 11) is 0. The van der Waals surface area contributed by atoms with Gasteiger partial charge in [0, 0.05) is 10.2 Å². The molecule has 5 rings (SSSR count). The number of hydrogen-bond donors (Lipinski definition) is 0. The van der Waals surface area contributed by atoms with Crippen molar-refractivity contribution in [1.82, 2.24) is 30.0 Å². The zero-order chi connectivity index (χ0) is 22.6. The van der Waals surface area contributed by atoms with Crippen LogP contribution >= 0.6 is 27.7 Å². The third-order valence-corrected chi connectivity index (χ3v) is 6.62.